The molecule has 0 aromatic carbocycles. The lowest BCUT2D eigenvalue weighted by molar-refractivity contribution is -0.114. The molecule has 0 saturated carbocycles. The third kappa shape index (κ3) is 3.61. The maximum absolute atomic E-state index is 10.9. The Hall–Kier alpha value is -1.27. The molecule has 18 heavy (non-hydrogen) atoms. The number of carbonyl (C=O) groups excluding carboxylic acids is 2. The summed E-state index contributed by atoms with van der Waals surface area (Å²) in [6.45, 7) is 4.14. The van der Waals surface area contributed by atoms with Crippen LogP contribution in [0.1, 0.15) is 24.6 Å². The highest BCUT2D eigenvalue weighted by molar-refractivity contribution is 7.15. The third-order valence-electron chi connectivity index (χ3n) is 2.95. The lowest BCUT2D eigenvalue weighted by Crippen LogP contribution is -2.35. The average Bonchev–Trinajstić information content (AvgIpc) is 2.76. The molecule has 1 aliphatic heterocycles. The molecule has 0 spiro atoms. The number of piperidine rings is 1. The van der Waals surface area contributed by atoms with Crippen molar-refractivity contribution >= 4 is 28.7 Å². The molecule has 1 aromatic heterocycles. The Morgan fingerprint density at radius 3 is 3.28 bits per heavy atom. The molecule has 2 rings (SSSR count). The summed E-state index contributed by atoms with van der Waals surface area (Å²) >= 11 is 1.49. The van der Waals surface area contributed by atoms with Crippen LogP contribution in [0.2, 0.25) is 0 Å². The van der Waals surface area contributed by atoms with Crippen LogP contribution in [-0.2, 0) is 16.1 Å². The Bertz CT molecular complexity index is 433. The highest BCUT2D eigenvalue weighted by atomic mass is 32.1. The molecule has 0 radical (unpaired) electrons. The molecular weight excluding hydrogens is 250 g/mol. The number of nitrogens with zero attached hydrogens (tertiary/aromatic N) is 2. The van der Waals surface area contributed by atoms with Gasteiger partial charge in [-0.25, -0.2) is 4.98 Å². The van der Waals surface area contributed by atoms with E-state index in [1.54, 1.807) is 6.20 Å². The maximum atomic E-state index is 10.9. The van der Waals surface area contributed by atoms with Gasteiger partial charge in [0.15, 0.2) is 5.13 Å². The standard InChI is InChI=1S/C12H17N3O2S/c1-9(17)14-12-13-5-11(18-12)7-15-4-2-3-10(6-15)8-16/h5,8,10H,2-4,6-7H2,1H3,(H,13,14,17). The Kier molecular flexibility index (Phi) is 4.43. The number of rotatable bonds is 4. The zero-order valence-corrected chi connectivity index (χ0v) is 11.2. The average molecular weight is 267 g/mol. The minimum absolute atomic E-state index is 0.102. The highest BCUT2D eigenvalue weighted by Gasteiger charge is 2.19. The Morgan fingerprint density at radius 1 is 1.72 bits per heavy atom. The number of aromatic nitrogens is 1. The first-order chi connectivity index (χ1) is 8.67. The van der Waals surface area contributed by atoms with Crippen molar-refractivity contribution in [3.05, 3.63) is 11.1 Å². The van der Waals surface area contributed by atoms with Gasteiger partial charge in [-0.3, -0.25) is 9.69 Å². The number of likely N-dealkylation sites (tertiary alicyclic amines) is 1. The number of carbonyl (C=O) groups is 2. The fourth-order valence-corrected chi connectivity index (χ4v) is 3.06. The van der Waals surface area contributed by atoms with Crippen LogP contribution in [0.15, 0.2) is 6.20 Å². The van der Waals surface area contributed by atoms with Gasteiger partial charge in [0.25, 0.3) is 0 Å². The lowest BCUT2D eigenvalue weighted by Gasteiger charge is -2.29. The van der Waals surface area contributed by atoms with Crippen LogP contribution >= 0.6 is 11.3 Å². The van der Waals surface area contributed by atoms with Gasteiger partial charge in [-0.1, -0.05) is 0 Å². The fourth-order valence-electron chi connectivity index (χ4n) is 2.16. The van der Waals surface area contributed by atoms with Gasteiger partial charge < -0.3 is 10.1 Å². The lowest BCUT2D eigenvalue weighted by atomic mass is 10.00. The second kappa shape index (κ2) is 6.06. The van der Waals surface area contributed by atoms with Crippen LogP contribution in [-0.4, -0.2) is 35.2 Å². The molecule has 6 heteroatoms. The number of nitrogens with one attached hydrogen (secondary N) is 1. The third-order valence-corrected chi connectivity index (χ3v) is 3.85. The van der Waals surface area contributed by atoms with Crippen molar-refractivity contribution in [2.45, 2.75) is 26.3 Å². The Labute approximate surface area is 110 Å². The van der Waals surface area contributed by atoms with E-state index in [9.17, 15) is 9.59 Å². The molecule has 1 N–H and O–H groups in total. The molecule has 1 saturated heterocycles. The predicted molar refractivity (Wildman–Crippen MR) is 70.5 cm³/mol. The minimum Gasteiger partial charge on any atom is -0.303 e. The van der Waals surface area contributed by atoms with Gasteiger partial charge in [-0.2, -0.15) is 0 Å². The van der Waals surface area contributed by atoms with E-state index in [1.165, 1.54) is 18.3 Å². The quantitative estimate of drug-likeness (QED) is 0.840. The second-order valence-electron chi connectivity index (χ2n) is 4.59. The van der Waals surface area contributed by atoms with Crippen LogP contribution in [0, 0.1) is 5.92 Å². The first kappa shape index (κ1) is 13.2. The van der Waals surface area contributed by atoms with Crippen molar-refractivity contribution in [3.63, 3.8) is 0 Å². The molecule has 1 aliphatic rings. The summed E-state index contributed by atoms with van der Waals surface area (Å²) in [6.07, 6.45) is 4.92. The highest BCUT2D eigenvalue weighted by Crippen LogP contribution is 2.22. The molecule has 98 valence electrons. The number of aldehydes is 1. The smallest absolute Gasteiger partial charge is 0.223 e. The first-order valence-corrected chi connectivity index (χ1v) is 6.89. The normalized spacial score (nSPS) is 20.6. The summed E-state index contributed by atoms with van der Waals surface area (Å²) in [7, 11) is 0. The molecule has 1 aromatic rings. The van der Waals surface area contributed by atoms with Crippen LogP contribution in [0.4, 0.5) is 5.13 Å². The summed E-state index contributed by atoms with van der Waals surface area (Å²) in [5.74, 6) is 0.0661. The number of hydrogen-bond acceptors (Lipinski definition) is 5. The zero-order valence-electron chi connectivity index (χ0n) is 10.4. The summed E-state index contributed by atoms with van der Waals surface area (Å²) in [6, 6.07) is 0. The van der Waals surface area contributed by atoms with E-state index in [-0.39, 0.29) is 11.8 Å². The van der Waals surface area contributed by atoms with Crippen molar-refractivity contribution in [1.29, 1.82) is 0 Å². The van der Waals surface area contributed by atoms with Gasteiger partial charge in [-0.15, -0.1) is 11.3 Å². The van der Waals surface area contributed by atoms with Gasteiger partial charge >= 0.3 is 0 Å². The molecule has 2 heterocycles. The fraction of sp³-hybridized carbons (Fsp3) is 0.583. The molecule has 1 unspecified atom stereocenters. The molecular formula is C12H17N3O2S. The molecule has 1 atom stereocenters. The minimum atomic E-state index is -0.102. The van der Waals surface area contributed by atoms with E-state index in [4.69, 9.17) is 0 Å². The largest absolute Gasteiger partial charge is 0.303 e. The maximum Gasteiger partial charge on any atom is 0.223 e. The number of anilines is 1. The van der Waals surface area contributed by atoms with Crippen molar-refractivity contribution < 1.29 is 9.59 Å². The summed E-state index contributed by atoms with van der Waals surface area (Å²) in [4.78, 5) is 29.2. The Morgan fingerprint density at radius 2 is 2.56 bits per heavy atom. The second-order valence-corrected chi connectivity index (χ2v) is 5.70. The molecule has 1 fully saturated rings. The summed E-state index contributed by atoms with van der Waals surface area (Å²) in [5, 5.41) is 3.32. The number of amides is 1. The van der Waals surface area contributed by atoms with Gasteiger partial charge in [0.05, 0.1) is 0 Å². The molecule has 5 nitrogen and oxygen atoms in total. The van der Waals surface area contributed by atoms with Crippen LogP contribution < -0.4 is 5.32 Å². The topological polar surface area (TPSA) is 62.3 Å². The Balaban J connectivity index is 1.90. The van der Waals surface area contributed by atoms with Crippen molar-refractivity contribution in [2.24, 2.45) is 5.92 Å². The SMILES string of the molecule is CC(=O)Nc1ncc(CN2CCCC(C=O)C2)s1. The van der Waals surface area contributed by atoms with Crippen molar-refractivity contribution in [2.75, 3.05) is 18.4 Å². The van der Waals surface area contributed by atoms with Crippen LogP contribution in [0.25, 0.3) is 0 Å². The predicted octanol–water partition coefficient (Wildman–Crippen LogP) is 1.51. The van der Waals surface area contributed by atoms with E-state index < -0.39 is 0 Å². The monoisotopic (exact) mass is 267 g/mol. The van der Waals surface area contributed by atoms with Crippen LogP contribution in [0.3, 0.4) is 0 Å². The van der Waals surface area contributed by atoms with Gasteiger partial charge in [0, 0.05) is 37.0 Å². The van der Waals surface area contributed by atoms with Gasteiger partial charge in [0.1, 0.15) is 6.29 Å². The molecule has 0 bridgehead atoms. The van der Waals surface area contributed by atoms with E-state index in [0.717, 1.165) is 43.6 Å². The van der Waals surface area contributed by atoms with E-state index in [1.807, 2.05) is 0 Å². The van der Waals surface area contributed by atoms with Gasteiger partial charge in [0.2, 0.25) is 5.91 Å². The van der Waals surface area contributed by atoms with E-state index >= 15 is 0 Å². The molecule has 1 amide bonds. The van der Waals surface area contributed by atoms with Crippen LogP contribution in [0.5, 0.6) is 0 Å². The number of thiazole rings is 1. The van der Waals surface area contributed by atoms with E-state index in [2.05, 4.69) is 15.2 Å². The summed E-state index contributed by atoms with van der Waals surface area (Å²) < 4.78 is 0. The first-order valence-electron chi connectivity index (χ1n) is 6.07. The van der Waals surface area contributed by atoms with E-state index in [0.29, 0.717) is 5.13 Å². The van der Waals surface area contributed by atoms with Crippen molar-refractivity contribution in [3.8, 4) is 0 Å². The number of hydrogen-bond donors (Lipinski definition) is 1. The zero-order chi connectivity index (χ0) is 13.0. The molecule has 0 aliphatic carbocycles. The van der Waals surface area contributed by atoms with Crippen molar-refractivity contribution in [1.82, 2.24) is 9.88 Å². The van der Waals surface area contributed by atoms with Gasteiger partial charge in [-0.05, 0) is 19.4 Å². The summed E-state index contributed by atoms with van der Waals surface area (Å²) in [5.41, 5.74) is 0.